The van der Waals surface area contributed by atoms with Gasteiger partial charge in [-0.1, -0.05) is 12.1 Å². The van der Waals surface area contributed by atoms with Crippen molar-refractivity contribution in [2.45, 2.75) is 19.9 Å². The normalized spacial score (nSPS) is 12.3. The fraction of sp³-hybridized carbons (Fsp3) is 0.188. The first-order chi connectivity index (χ1) is 10.1. The highest BCUT2D eigenvalue weighted by Gasteiger charge is 2.11. The summed E-state index contributed by atoms with van der Waals surface area (Å²) >= 11 is 0. The van der Waals surface area contributed by atoms with Crippen molar-refractivity contribution in [3.8, 4) is 0 Å². The van der Waals surface area contributed by atoms with Gasteiger partial charge >= 0.3 is 0 Å². The number of benzene rings is 1. The minimum Gasteiger partial charge on any atom is -0.363 e. The molecule has 0 radical (unpaired) electrons. The van der Waals surface area contributed by atoms with Crippen molar-refractivity contribution in [3.63, 3.8) is 0 Å². The molecule has 3 rings (SSSR count). The molecule has 1 aromatic carbocycles. The molecule has 106 valence electrons. The molecule has 21 heavy (non-hydrogen) atoms. The van der Waals surface area contributed by atoms with Gasteiger partial charge in [0.2, 0.25) is 0 Å². The third-order valence-electron chi connectivity index (χ3n) is 3.31. The van der Waals surface area contributed by atoms with Crippen LogP contribution in [0.2, 0.25) is 0 Å². The Labute approximate surface area is 122 Å². The molecule has 1 N–H and O–H groups in total. The summed E-state index contributed by atoms with van der Waals surface area (Å²) in [5, 5.41) is 4.23. The van der Waals surface area contributed by atoms with E-state index in [1.165, 1.54) is 12.1 Å². The zero-order valence-electron chi connectivity index (χ0n) is 11.8. The van der Waals surface area contributed by atoms with Crippen LogP contribution in [0, 0.1) is 12.7 Å². The summed E-state index contributed by atoms with van der Waals surface area (Å²) in [5.41, 5.74) is 1.66. The maximum Gasteiger partial charge on any atom is 0.138 e. The third kappa shape index (κ3) is 2.81. The highest BCUT2D eigenvalue weighted by molar-refractivity contribution is 5.88. The Bertz CT molecular complexity index is 788. The summed E-state index contributed by atoms with van der Waals surface area (Å²) in [6, 6.07) is 8.36. The van der Waals surface area contributed by atoms with Crippen LogP contribution in [0.1, 0.15) is 24.4 Å². The van der Waals surface area contributed by atoms with Gasteiger partial charge in [-0.15, -0.1) is 0 Å². The molecule has 0 unspecified atom stereocenters. The van der Waals surface area contributed by atoms with E-state index in [2.05, 4.69) is 20.3 Å². The lowest BCUT2D eigenvalue weighted by atomic mass is 10.1. The Morgan fingerprint density at radius 3 is 2.86 bits per heavy atom. The van der Waals surface area contributed by atoms with E-state index in [4.69, 9.17) is 0 Å². The van der Waals surface area contributed by atoms with Crippen LogP contribution in [-0.4, -0.2) is 15.0 Å². The molecule has 4 nitrogen and oxygen atoms in total. The zero-order valence-corrected chi connectivity index (χ0v) is 11.8. The number of aromatic nitrogens is 3. The monoisotopic (exact) mass is 282 g/mol. The maximum atomic E-state index is 13.3. The molecule has 0 bridgehead atoms. The van der Waals surface area contributed by atoms with E-state index in [0.717, 1.165) is 22.3 Å². The largest absolute Gasteiger partial charge is 0.363 e. The SMILES string of the molecule is Cc1nc(N[C@H](C)c2cccc(F)c2)c2ccncc2n1. The van der Waals surface area contributed by atoms with Crippen LogP contribution in [0.5, 0.6) is 0 Å². The molecule has 2 heterocycles. The summed E-state index contributed by atoms with van der Waals surface area (Å²) in [5.74, 6) is 1.16. The minimum atomic E-state index is -0.242. The number of anilines is 1. The number of hydrogen-bond acceptors (Lipinski definition) is 4. The second-order valence-corrected chi connectivity index (χ2v) is 4.93. The smallest absolute Gasteiger partial charge is 0.138 e. The summed E-state index contributed by atoms with van der Waals surface area (Å²) in [6.45, 7) is 3.81. The number of aryl methyl sites for hydroxylation is 1. The van der Waals surface area contributed by atoms with Gasteiger partial charge in [-0.3, -0.25) is 4.98 Å². The van der Waals surface area contributed by atoms with E-state index in [1.807, 2.05) is 26.0 Å². The molecule has 0 spiro atoms. The number of nitrogens with one attached hydrogen (secondary N) is 1. The molecule has 0 aliphatic rings. The first kappa shape index (κ1) is 13.4. The van der Waals surface area contributed by atoms with E-state index in [9.17, 15) is 4.39 Å². The van der Waals surface area contributed by atoms with Crippen LogP contribution in [0.15, 0.2) is 42.7 Å². The molecule has 1 atom stereocenters. The lowest BCUT2D eigenvalue weighted by Gasteiger charge is -2.16. The van der Waals surface area contributed by atoms with E-state index in [1.54, 1.807) is 18.5 Å². The Hall–Kier alpha value is -2.56. The van der Waals surface area contributed by atoms with Crippen molar-refractivity contribution in [1.82, 2.24) is 15.0 Å². The van der Waals surface area contributed by atoms with Crippen LogP contribution in [0.25, 0.3) is 10.9 Å². The molecule has 0 aliphatic carbocycles. The van der Waals surface area contributed by atoms with Crippen molar-refractivity contribution < 1.29 is 4.39 Å². The number of fused-ring (bicyclic) bond motifs is 1. The number of pyridine rings is 1. The number of nitrogens with zero attached hydrogens (tertiary/aromatic N) is 3. The van der Waals surface area contributed by atoms with Gasteiger partial charge in [0.05, 0.1) is 17.8 Å². The lowest BCUT2D eigenvalue weighted by molar-refractivity contribution is 0.623. The molecule has 2 aromatic heterocycles. The molecular weight excluding hydrogens is 267 g/mol. The quantitative estimate of drug-likeness (QED) is 0.796. The van der Waals surface area contributed by atoms with Gasteiger partial charge in [-0.25, -0.2) is 14.4 Å². The number of rotatable bonds is 3. The predicted molar refractivity (Wildman–Crippen MR) is 80.5 cm³/mol. The van der Waals surface area contributed by atoms with Crippen LogP contribution < -0.4 is 5.32 Å². The van der Waals surface area contributed by atoms with E-state index in [0.29, 0.717) is 5.82 Å². The van der Waals surface area contributed by atoms with Crippen molar-refractivity contribution in [2.75, 3.05) is 5.32 Å². The maximum absolute atomic E-state index is 13.3. The van der Waals surface area contributed by atoms with E-state index >= 15 is 0 Å². The van der Waals surface area contributed by atoms with Crippen LogP contribution in [-0.2, 0) is 0 Å². The van der Waals surface area contributed by atoms with Crippen molar-refractivity contribution in [2.24, 2.45) is 0 Å². The van der Waals surface area contributed by atoms with Gasteiger partial charge in [-0.2, -0.15) is 0 Å². The van der Waals surface area contributed by atoms with Gasteiger partial charge in [0.25, 0.3) is 0 Å². The predicted octanol–water partition coefficient (Wildman–Crippen LogP) is 3.65. The topological polar surface area (TPSA) is 50.7 Å². The fourth-order valence-electron chi connectivity index (χ4n) is 2.27. The second kappa shape index (κ2) is 5.44. The standard InChI is InChI=1S/C16H15FN4/c1-10(12-4-3-5-13(17)8-12)19-16-14-6-7-18-9-15(14)20-11(2)21-16/h3-10H,1-2H3,(H,19,20,21)/t10-/m1/s1. The Morgan fingerprint density at radius 1 is 1.19 bits per heavy atom. The number of halogens is 1. The fourth-order valence-corrected chi connectivity index (χ4v) is 2.27. The van der Waals surface area contributed by atoms with E-state index in [-0.39, 0.29) is 11.9 Å². The van der Waals surface area contributed by atoms with Gasteiger partial charge in [0.1, 0.15) is 17.5 Å². The molecule has 0 amide bonds. The first-order valence-electron chi connectivity index (χ1n) is 6.74. The van der Waals surface area contributed by atoms with Crippen LogP contribution >= 0.6 is 0 Å². The molecular formula is C16H15FN4. The highest BCUT2D eigenvalue weighted by Crippen LogP contribution is 2.24. The second-order valence-electron chi connectivity index (χ2n) is 4.93. The van der Waals surface area contributed by atoms with Crippen LogP contribution in [0.4, 0.5) is 10.2 Å². The Morgan fingerprint density at radius 2 is 2.05 bits per heavy atom. The summed E-state index contributed by atoms with van der Waals surface area (Å²) in [4.78, 5) is 12.9. The molecule has 0 aliphatic heterocycles. The minimum absolute atomic E-state index is 0.0636. The summed E-state index contributed by atoms with van der Waals surface area (Å²) in [7, 11) is 0. The van der Waals surface area contributed by atoms with Crippen LogP contribution in [0.3, 0.4) is 0 Å². The molecule has 5 heteroatoms. The van der Waals surface area contributed by atoms with Gasteiger partial charge < -0.3 is 5.32 Å². The Kier molecular flexibility index (Phi) is 3.48. The van der Waals surface area contributed by atoms with Gasteiger partial charge in [0, 0.05) is 11.6 Å². The number of hydrogen-bond donors (Lipinski definition) is 1. The lowest BCUT2D eigenvalue weighted by Crippen LogP contribution is -2.09. The van der Waals surface area contributed by atoms with Crippen molar-refractivity contribution >= 4 is 16.7 Å². The van der Waals surface area contributed by atoms with Crippen molar-refractivity contribution in [1.29, 1.82) is 0 Å². The van der Waals surface area contributed by atoms with Crippen molar-refractivity contribution in [3.05, 3.63) is 59.9 Å². The average Bonchev–Trinajstić information content (AvgIpc) is 2.47. The summed E-state index contributed by atoms with van der Waals surface area (Å²) in [6.07, 6.45) is 3.42. The van der Waals surface area contributed by atoms with E-state index < -0.39 is 0 Å². The Balaban J connectivity index is 1.98. The average molecular weight is 282 g/mol. The third-order valence-corrected chi connectivity index (χ3v) is 3.31. The first-order valence-corrected chi connectivity index (χ1v) is 6.74. The molecule has 0 saturated heterocycles. The molecule has 0 fully saturated rings. The zero-order chi connectivity index (χ0) is 14.8. The summed E-state index contributed by atoms with van der Waals surface area (Å²) < 4.78 is 13.3. The van der Waals surface area contributed by atoms with Gasteiger partial charge in [0.15, 0.2) is 0 Å². The van der Waals surface area contributed by atoms with Gasteiger partial charge in [-0.05, 0) is 37.6 Å². The highest BCUT2D eigenvalue weighted by atomic mass is 19.1. The molecule has 0 saturated carbocycles. The molecule has 3 aromatic rings.